The third-order valence-electron chi connectivity index (χ3n) is 5.26. The average Bonchev–Trinajstić information content (AvgIpc) is 2.96. The molecule has 1 aromatic heterocycles. The van der Waals surface area contributed by atoms with Crippen molar-refractivity contribution >= 4 is 17.6 Å². The maximum Gasteiger partial charge on any atom is 0.174 e. The minimum Gasteiger partial charge on any atom is -0.298 e. The SMILES string of the molecule is Cc1cc(-c2ccccc2)cc(C)c1C1C(=O)CC(=Cc2ccccn2)C1=O. The Morgan fingerprint density at radius 1 is 0.893 bits per heavy atom. The topological polar surface area (TPSA) is 47.0 Å². The van der Waals surface area contributed by atoms with E-state index in [-0.39, 0.29) is 18.0 Å². The second-order valence-electron chi connectivity index (χ2n) is 7.25. The van der Waals surface area contributed by atoms with Crippen LogP contribution in [0.5, 0.6) is 0 Å². The highest BCUT2D eigenvalue weighted by atomic mass is 16.2. The van der Waals surface area contributed by atoms with Crippen molar-refractivity contribution < 1.29 is 9.59 Å². The van der Waals surface area contributed by atoms with Crippen molar-refractivity contribution in [1.29, 1.82) is 0 Å². The van der Waals surface area contributed by atoms with Crippen molar-refractivity contribution in [1.82, 2.24) is 4.98 Å². The minimum absolute atomic E-state index is 0.0363. The molecule has 0 aliphatic heterocycles. The molecule has 1 aliphatic rings. The van der Waals surface area contributed by atoms with Crippen molar-refractivity contribution in [3.8, 4) is 11.1 Å². The summed E-state index contributed by atoms with van der Waals surface area (Å²) in [4.78, 5) is 30.1. The molecule has 3 heteroatoms. The van der Waals surface area contributed by atoms with Gasteiger partial charge >= 0.3 is 0 Å². The van der Waals surface area contributed by atoms with Crippen LogP contribution in [0.25, 0.3) is 17.2 Å². The highest BCUT2D eigenvalue weighted by molar-refractivity contribution is 6.24. The zero-order chi connectivity index (χ0) is 19.7. The van der Waals surface area contributed by atoms with Crippen molar-refractivity contribution in [3.63, 3.8) is 0 Å². The van der Waals surface area contributed by atoms with E-state index >= 15 is 0 Å². The van der Waals surface area contributed by atoms with E-state index in [1.807, 2.05) is 50.2 Å². The van der Waals surface area contributed by atoms with E-state index in [1.54, 1.807) is 12.3 Å². The van der Waals surface area contributed by atoms with Gasteiger partial charge in [-0.1, -0.05) is 48.5 Å². The molecule has 2 aromatic carbocycles. The molecule has 138 valence electrons. The number of aromatic nitrogens is 1. The Morgan fingerprint density at radius 2 is 1.57 bits per heavy atom. The second kappa shape index (κ2) is 7.35. The number of hydrogen-bond donors (Lipinski definition) is 0. The van der Waals surface area contributed by atoms with Crippen LogP contribution < -0.4 is 0 Å². The summed E-state index contributed by atoms with van der Waals surface area (Å²) in [7, 11) is 0. The molecule has 0 radical (unpaired) electrons. The second-order valence-corrected chi connectivity index (χ2v) is 7.25. The third-order valence-corrected chi connectivity index (χ3v) is 5.26. The van der Waals surface area contributed by atoms with E-state index in [1.165, 1.54) is 0 Å². The van der Waals surface area contributed by atoms with Gasteiger partial charge in [-0.3, -0.25) is 14.6 Å². The van der Waals surface area contributed by atoms with Crippen LogP contribution in [0.1, 0.15) is 34.7 Å². The summed E-state index contributed by atoms with van der Waals surface area (Å²) >= 11 is 0. The fourth-order valence-corrected chi connectivity index (χ4v) is 3.99. The number of benzene rings is 2. The van der Waals surface area contributed by atoms with E-state index < -0.39 is 5.92 Å². The molecular weight excluding hydrogens is 346 g/mol. The molecule has 1 fully saturated rings. The summed E-state index contributed by atoms with van der Waals surface area (Å²) < 4.78 is 0. The number of carbonyl (C=O) groups excluding carboxylic acids is 2. The summed E-state index contributed by atoms with van der Waals surface area (Å²) in [6.07, 6.45) is 3.59. The number of nitrogens with zero attached hydrogens (tertiary/aromatic N) is 1. The van der Waals surface area contributed by atoms with Crippen LogP contribution in [0.15, 0.2) is 72.4 Å². The Bertz CT molecular complexity index is 1060. The van der Waals surface area contributed by atoms with Crippen molar-refractivity contribution in [2.45, 2.75) is 26.2 Å². The Kier molecular flexibility index (Phi) is 4.74. The first-order valence-electron chi connectivity index (χ1n) is 9.39. The summed E-state index contributed by atoms with van der Waals surface area (Å²) in [5.74, 6) is -0.847. The molecule has 3 aromatic rings. The molecule has 3 nitrogen and oxygen atoms in total. The van der Waals surface area contributed by atoms with Gasteiger partial charge in [0, 0.05) is 18.2 Å². The van der Waals surface area contributed by atoms with Crippen LogP contribution in [-0.2, 0) is 9.59 Å². The zero-order valence-corrected chi connectivity index (χ0v) is 16.0. The van der Waals surface area contributed by atoms with Gasteiger partial charge in [0.05, 0.1) is 5.69 Å². The van der Waals surface area contributed by atoms with Gasteiger partial charge in [0.1, 0.15) is 5.92 Å². The average molecular weight is 367 g/mol. The Labute approximate surface area is 164 Å². The lowest BCUT2D eigenvalue weighted by atomic mass is 9.86. The van der Waals surface area contributed by atoms with Gasteiger partial charge in [0.25, 0.3) is 0 Å². The van der Waals surface area contributed by atoms with Gasteiger partial charge in [-0.15, -0.1) is 0 Å². The van der Waals surface area contributed by atoms with Crippen molar-refractivity contribution in [2.75, 3.05) is 0 Å². The van der Waals surface area contributed by atoms with Crippen LogP contribution in [0.3, 0.4) is 0 Å². The molecule has 1 heterocycles. The van der Waals surface area contributed by atoms with E-state index in [0.29, 0.717) is 11.3 Å². The van der Waals surface area contributed by atoms with Gasteiger partial charge in [-0.05, 0) is 59.9 Å². The standard InChI is InChI=1S/C25H21NO2/c1-16-12-19(18-8-4-3-5-9-18)13-17(2)23(16)24-22(27)15-20(25(24)28)14-21-10-6-7-11-26-21/h3-14,24H,15H2,1-2H3. The van der Waals surface area contributed by atoms with Crippen molar-refractivity contribution in [3.05, 3.63) is 94.8 Å². The number of allylic oxidation sites excluding steroid dienone is 1. The maximum atomic E-state index is 13.1. The zero-order valence-electron chi connectivity index (χ0n) is 16.0. The van der Waals surface area contributed by atoms with E-state index in [9.17, 15) is 9.59 Å². The van der Waals surface area contributed by atoms with Gasteiger partial charge < -0.3 is 0 Å². The predicted octanol–water partition coefficient (Wildman–Crippen LogP) is 5.07. The number of hydrogen-bond acceptors (Lipinski definition) is 3. The normalized spacial score (nSPS) is 18.1. The van der Waals surface area contributed by atoms with Crippen LogP contribution in [0.2, 0.25) is 0 Å². The largest absolute Gasteiger partial charge is 0.298 e. The Morgan fingerprint density at radius 3 is 2.21 bits per heavy atom. The number of aryl methyl sites for hydroxylation is 2. The fraction of sp³-hybridized carbons (Fsp3) is 0.160. The first-order valence-corrected chi connectivity index (χ1v) is 9.39. The van der Waals surface area contributed by atoms with Crippen molar-refractivity contribution in [2.24, 2.45) is 0 Å². The monoisotopic (exact) mass is 367 g/mol. The lowest BCUT2D eigenvalue weighted by molar-refractivity contribution is -0.123. The summed E-state index contributed by atoms with van der Waals surface area (Å²) in [6, 6.07) is 19.8. The number of pyridine rings is 1. The van der Waals surface area contributed by atoms with Crippen LogP contribution in [0, 0.1) is 13.8 Å². The van der Waals surface area contributed by atoms with Gasteiger partial charge in [-0.25, -0.2) is 0 Å². The Balaban J connectivity index is 1.72. The molecule has 1 unspecified atom stereocenters. The Hall–Kier alpha value is -3.33. The molecule has 0 spiro atoms. The van der Waals surface area contributed by atoms with Gasteiger partial charge in [0.15, 0.2) is 11.6 Å². The van der Waals surface area contributed by atoms with E-state index in [2.05, 4.69) is 29.2 Å². The minimum atomic E-state index is -0.709. The molecule has 4 rings (SSSR count). The maximum absolute atomic E-state index is 13.1. The highest BCUT2D eigenvalue weighted by Gasteiger charge is 2.39. The molecule has 0 bridgehead atoms. The number of ketones is 2. The van der Waals surface area contributed by atoms with Crippen LogP contribution in [0.4, 0.5) is 0 Å². The lowest BCUT2D eigenvalue weighted by Gasteiger charge is -2.16. The molecule has 28 heavy (non-hydrogen) atoms. The number of rotatable bonds is 3. The van der Waals surface area contributed by atoms with Crippen LogP contribution in [-0.4, -0.2) is 16.6 Å². The third kappa shape index (κ3) is 3.31. The molecular formula is C25H21NO2. The predicted molar refractivity (Wildman–Crippen MR) is 111 cm³/mol. The van der Waals surface area contributed by atoms with Gasteiger partial charge in [-0.2, -0.15) is 0 Å². The molecule has 1 atom stereocenters. The first kappa shape index (κ1) is 18.1. The quantitative estimate of drug-likeness (QED) is 0.479. The first-order chi connectivity index (χ1) is 13.5. The molecule has 0 N–H and O–H groups in total. The smallest absolute Gasteiger partial charge is 0.174 e. The summed E-state index contributed by atoms with van der Waals surface area (Å²) in [5.41, 5.74) is 6.27. The summed E-state index contributed by atoms with van der Waals surface area (Å²) in [6.45, 7) is 3.96. The highest BCUT2D eigenvalue weighted by Crippen LogP contribution is 2.37. The van der Waals surface area contributed by atoms with Gasteiger partial charge in [0.2, 0.25) is 0 Å². The van der Waals surface area contributed by atoms with Crippen LogP contribution >= 0.6 is 0 Å². The van der Waals surface area contributed by atoms with E-state index in [0.717, 1.165) is 27.8 Å². The van der Waals surface area contributed by atoms with E-state index in [4.69, 9.17) is 0 Å². The summed E-state index contributed by atoms with van der Waals surface area (Å²) in [5, 5.41) is 0. The number of carbonyl (C=O) groups is 2. The molecule has 1 aliphatic carbocycles. The molecule has 1 saturated carbocycles. The number of Topliss-reactive ketones (excluding diaryl/α,β-unsaturated/α-hetero) is 2. The molecule has 0 amide bonds. The molecule has 0 saturated heterocycles. The lowest BCUT2D eigenvalue weighted by Crippen LogP contribution is -2.15. The fourth-order valence-electron chi connectivity index (χ4n) is 3.99.